The number of nitrogens with zero attached hydrogens (tertiary/aromatic N) is 3. The minimum Gasteiger partial charge on any atom is -0.497 e. The van der Waals surface area contributed by atoms with E-state index in [0.29, 0.717) is 13.1 Å². The van der Waals surface area contributed by atoms with Crippen LogP contribution in [0.25, 0.3) is 0 Å². The van der Waals surface area contributed by atoms with Crippen LogP contribution in [0.3, 0.4) is 0 Å². The van der Waals surface area contributed by atoms with Crippen molar-refractivity contribution in [3.63, 3.8) is 0 Å². The fourth-order valence-electron chi connectivity index (χ4n) is 2.02. The van der Waals surface area contributed by atoms with Crippen molar-refractivity contribution in [2.45, 2.75) is 27.3 Å². The monoisotopic (exact) mass is 280 g/mol. The Bertz CT molecular complexity index is 462. The molecule has 1 rings (SSSR count). The quantitative estimate of drug-likeness (QED) is 0.343. The molecule has 1 aromatic rings. The summed E-state index contributed by atoms with van der Waals surface area (Å²) in [5.74, 6) is 1.05. The van der Waals surface area contributed by atoms with Gasteiger partial charge >= 0.3 is 0 Å². The number of methoxy groups -OCH3 is 1. The van der Waals surface area contributed by atoms with Gasteiger partial charge in [-0.1, -0.05) is 19.0 Å². The summed E-state index contributed by atoms with van der Waals surface area (Å²) in [7, 11) is 1.65. The van der Waals surface area contributed by atoms with Crippen molar-refractivity contribution in [1.82, 2.24) is 9.88 Å². The summed E-state index contributed by atoms with van der Waals surface area (Å²) in [6.45, 7) is 8.23. The van der Waals surface area contributed by atoms with Crippen molar-refractivity contribution >= 4 is 5.84 Å². The summed E-state index contributed by atoms with van der Waals surface area (Å²) < 4.78 is 5.26. The van der Waals surface area contributed by atoms with Gasteiger partial charge in [0.05, 0.1) is 12.8 Å². The molecule has 0 amide bonds. The van der Waals surface area contributed by atoms with Crippen molar-refractivity contribution in [3.8, 4) is 5.75 Å². The zero-order chi connectivity index (χ0) is 15.1. The first kappa shape index (κ1) is 16.2. The van der Waals surface area contributed by atoms with Crippen LogP contribution < -0.4 is 10.5 Å². The Labute approximate surface area is 120 Å². The van der Waals surface area contributed by atoms with E-state index in [-0.39, 0.29) is 11.8 Å². The zero-order valence-electron chi connectivity index (χ0n) is 12.6. The molecule has 0 fully saturated rings. The standard InChI is InChI=1S/C14H24N4O2/c1-5-18(8-10(2)14(15)17-19)9-12-7-13(20-4)6-11(3)16-12/h6-7,10,19H,5,8-9H2,1-4H3,(H2,15,17). The molecule has 20 heavy (non-hydrogen) atoms. The van der Waals surface area contributed by atoms with Crippen molar-refractivity contribution in [2.75, 3.05) is 20.2 Å². The highest BCUT2D eigenvalue weighted by Gasteiger charge is 2.14. The first-order valence-corrected chi connectivity index (χ1v) is 6.71. The lowest BCUT2D eigenvalue weighted by Gasteiger charge is -2.23. The third kappa shape index (κ3) is 4.70. The van der Waals surface area contributed by atoms with Crippen molar-refractivity contribution < 1.29 is 9.94 Å². The SMILES string of the molecule is CCN(Cc1cc(OC)cc(C)n1)CC(C)/C(N)=N/O. The normalized spacial score (nSPS) is 13.6. The number of aromatic nitrogens is 1. The fraction of sp³-hybridized carbons (Fsp3) is 0.571. The molecular weight excluding hydrogens is 256 g/mol. The van der Waals surface area contributed by atoms with E-state index in [1.165, 1.54) is 0 Å². The Morgan fingerprint density at radius 3 is 2.80 bits per heavy atom. The van der Waals surface area contributed by atoms with Crippen LogP contribution >= 0.6 is 0 Å². The molecule has 0 bridgehead atoms. The van der Waals surface area contributed by atoms with Crippen LogP contribution in [-0.2, 0) is 6.54 Å². The minimum absolute atomic E-state index is 0.00773. The highest BCUT2D eigenvalue weighted by atomic mass is 16.5. The molecule has 1 heterocycles. The van der Waals surface area contributed by atoms with Gasteiger partial charge in [-0.3, -0.25) is 9.88 Å². The van der Waals surface area contributed by atoms with Gasteiger partial charge in [-0.2, -0.15) is 0 Å². The molecule has 1 aromatic heterocycles. The Morgan fingerprint density at radius 2 is 2.25 bits per heavy atom. The van der Waals surface area contributed by atoms with E-state index in [1.807, 2.05) is 26.0 Å². The molecule has 6 nitrogen and oxygen atoms in total. The van der Waals surface area contributed by atoms with E-state index in [1.54, 1.807) is 7.11 Å². The number of aryl methyl sites for hydroxylation is 1. The molecule has 1 atom stereocenters. The van der Waals surface area contributed by atoms with Crippen LogP contribution in [-0.4, -0.2) is 41.1 Å². The Morgan fingerprint density at radius 1 is 1.55 bits per heavy atom. The third-order valence-electron chi connectivity index (χ3n) is 3.20. The highest BCUT2D eigenvalue weighted by Crippen LogP contribution is 2.15. The van der Waals surface area contributed by atoms with Gasteiger partial charge in [0, 0.05) is 36.8 Å². The topological polar surface area (TPSA) is 84.0 Å². The Kier molecular flexibility index (Phi) is 6.24. The molecule has 3 N–H and O–H groups in total. The van der Waals surface area contributed by atoms with Gasteiger partial charge in [-0.15, -0.1) is 0 Å². The molecule has 0 aliphatic carbocycles. The van der Waals surface area contributed by atoms with Crippen molar-refractivity contribution in [3.05, 3.63) is 23.5 Å². The van der Waals surface area contributed by atoms with Gasteiger partial charge in [-0.05, 0) is 13.5 Å². The lowest BCUT2D eigenvalue weighted by atomic mass is 10.1. The predicted octanol–water partition coefficient (Wildman–Crippen LogP) is 1.60. The number of hydrogen-bond acceptors (Lipinski definition) is 5. The second kappa shape index (κ2) is 7.69. The first-order valence-electron chi connectivity index (χ1n) is 6.71. The fourth-order valence-corrected chi connectivity index (χ4v) is 2.02. The van der Waals surface area contributed by atoms with Crippen LogP contribution in [0.2, 0.25) is 0 Å². The van der Waals surface area contributed by atoms with E-state index in [9.17, 15) is 0 Å². The van der Waals surface area contributed by atoms with Crippen LogP contribution in [0.4, 0.5) is 0 Å². The van der Waals surface area contributed by atoms with Crippen LogP contribution in [0, 0.1) is 12.8 Å². The number of amidine groups is 1. The molecule has 6 heteroatoms. The molecule has 112 valence electrons. The number of hydrogen-bond donors (Lipinski definition) is 2. The van der Waals surface area contributed by atoms with Crippen LogP contribution in [0.15, 0.2) is 17.3 Å². The van der Waals surface area contributed by atoms with Gasteiger partial charge in [0.15, 0.2) is 0 Å². The average Bonchev–Trinajstić information content (AvgIpc) is 2.44. The van der Waals surface area contributed by atoms with Crippen molar-refractivity contribution in [1.29, 1.82) is 0 Å². The molecule has 1 unspecified atom stereocenters. The van der Waals surface area contributed by atoms with Gasteiger partial charge in [0.1, 0.15) is 11.6 Å². The molecule has 0 radical (unpaired) electrons. The maximum Gasteiger partial charge on any atom is 0.143 e. The van der Waals surface area contributed by atoms with Crippen LogP contribution in [0.5, 0.6) is 5.75 Å². The van der Waals surface area contributed by atoms with Gasteiger partial charge in [0.25, 0.3) is 0 Å². The van der Waals surface area contributed by atoms with Crippen LogP contribution in [0.1, 0.15) is 25.2 Å². The summed E-state index contributed by atoms with van der Waals surface area (Å²) in [5, 5.41) is 11.8. The average molecular weight is 280 g/mol. The number of rotatable bonds is 7. The zero-order valence-corrected chi connectivity index (χ0v) is 12.6. The molecule has 0 aliphatic rings. The Balaban J connectivity index is 2.75. The number of pyridine rings is 1. The van der Waals surface area contributed by atoms with Gasteiger partial charge in [0.2, 0.25) is 0 Å². The molecular formula is C14H24N4O2. The van der Waals surface area contributed by atoms with E-state index >= 15 is 0 Å². The van der Waals surface area contributed by atoms with Crippen molar-refractivity contribution in [2.24, 2.45) is 16.8 Å². The van der Waals surface area contributed by atoms with E-state index in [4.69, 9.17) is 15.7 Å². The predicted molar refractivity (Wildman–Crippen MR) is 79.0 cm³/mol. The molecule has 0 saturated heterocycles. The summed E-state index contributed by atoms with van der Waals surface area (Å²) in [6.07, 6.45) is 0. The smallest absolute Gasteiger partial charge is 0.143 e. The third-order valence-corrected chi connectivity index (χ3v) is 3.20. The van der Waals surface area contributed by atoms with E-state index < -0.39 is 0 Å². The lowest BCUT2D eigenvalue weighted by molar-refractivity contribution is 0.254. The number of oxime groups is 1. The number of nitrogens with two attached hydrogens (primary N) is 1. The number of ether oxygens (including phenoxy) is 1. The lowest BCUT2D eigenvalue weighted by Crippen LogP contribution is -2.34. The summed E-state index contributed by atoms with van der Waals surface area (Å²) in [4.78, 5) is 6.71. The maximum atomic E-state index is 8.70. The first-order chi connectivity index (χ1) is 9.49. The summed E-state index contributed by atoms with van der Waals surface area (Å²) >= 11 is 0. The second-order valence-electron chi connectivity index (χ2n) is 4.89. The molecule has 0 aromatic carbocycles. The summed E-state index contributed by atoms with van der Waals surface area (Å²) in [5.41, 5.74) is 7.50. The molecule has 0 saturated carbocycles. The minimum atomic E-state index is -0.00773. The second-order valence-corrected chi connectivity index (χ2v) is 4.89. The molecule has 0 aliphatic heterocycles. The highest BCUT2D eigenvalue weighted by molar-refractivity contribution is 5.82. The maximum absolute atomic E-state index is 8.70. The van der Waals surface area contributed by atoms with E-state index in [2.05, 4.69) is 22.0 Å². The van der Waals surface area contributed by atoms with Gasteiger partial charge in [-0.25, -0.2) is 0 Å². The van der Waals surface area contributed by atoms with E-state index in [0.717, 1.165) is 23.7 Å². The largest absolute Gasteiger partial charge is 0.497 e. The summed E-state index contributed by atoms with van der Waals surface area (Å²) in [6, 6.07) is 3.84. The molecule has 0 spiro atoms. The Hall–Kier alpha value is -1.82. The van der Waals surface area contributed by atoms with Gasteiger partial charge < -0.3 is 15.7 Å².